The van der Waals surface area contributed by atoms with Gasteiger partial charge in [-0.1, -0.05) is 104 Å². The largest absolute Gasteiger partial charge is 0.463 e. The van der Waals surface area contributed by atoms with Gasteiger partial charge in [-0.25, -0.2) is 0 Å². The highest BCUT2D eigenvalue weighted by molar-refractivity contribution is 5.71. The zero-order valence-electron chi connectivity index (χ0n) is 26.6. The summed E-state index contributed by atoms with van der Waals surface area (Å²) in [6, 6.07) is 0. The van der Waals surface area contributed by atoms with Crippen LogP contribution in [0.2, 0.25) is 0 Å². The summed E-state index contributed by atoms with van der Waals surface area (Å²) < 4.78 is 23.2. The van der Waals surface area contributed by atoms with Gasteiger partial charge in [0.15, 0.2) is 6.10 Å². The van der Waals surface area contributed by atoms with Crippen molar-refractivity contribution in [2.45, 2.75) is 142 Å². The summed E-state index contributed by atoms with van der Waals surface area (Å²) in [7, 11) is 5.98. The Morgan fingerprint density at radius 3 is 1.64 bits per heavy atom. The van der Waals surface area contributed by atoms with Gasteiger partial charge < -0.3 is 23.4 Å². The predicted molar refractivity (Wildman–Crippen MR) is 160 cm³/mol. The molecule has 0 bridgehead atoms. The number of esters is 2. The second-order valence-corrected chi connectivity index (χ2v) is 12.1. The molecule has 7 nitrogen and oxygen atoms in total. The van der Waals surface area contributed by atoms with E-state index in [4.69, 9.17) is 18.9 Å². The number of ether oxygens (including phenoxy) is 4. The van der Waals surface area contributed by atoms with Crippen LogP contribution < -0.4 is 0 Å². The maximum absolute atomic E-state index is 12.5. The number of nitrogens with zero attached hydrogens (tertiary/aromatic N) is 1. The van der Waals surface area contributed by atoms with Gasteiger partial charge in [0.2, 0.25) is 0 Å². The van der Waals surface area contributed by atoms with Crippen molar-refractivity contribution in [2.75, 3.05) is 54.1 Å². The molecule has 0 aliphatic heterocycles. The first kappa shape index (κ1) is 37.8. The fourth-order valence-corrected chi connectivity index (χ4v) is 4.57. The third-order valence-electron chi connectivity index (χ3n) is 6.71. The van der Waals surface area contributed by atoms with Crippen LogP contribution in [-0.4, -0.2) is 82.7 Å². The van der Waals surface area contributed by atoms with Gasteiger partial charge in [0.25, 0.3) is 0 Å². The molecule has 0 radical (unpaired) electrons. The molecule has 0 saturated heterocycles. The van der Waals surface area contributed by atoms with Crippen LogP contribution in [0.4, 0.5) is 0 Å². The Morgan fingerprint density at radius 2 is 1.15 bits per heavy atom. The molecule has 0 aromatic heterocycles. The zero-order valence-corrected chi connectivity index (χ0v) is 26.6. The zero-order chi connectivity index (χ0) is 29.2. The Labute approximate surface area is 241 Å². The molecule has 0 aromatic carbocycles. The highest BCUT2D eigenvalue weighted by Gasteiger charge is 2.25. The number of hydrogen-bond donors (Lipinski definition) is 0. The summed E-state index contributed by atoms with van der Waals surface area (Å²) in [4.78, 5) is 23.9. The summed E-state index contributed by atoms with van der Waals surface area (Å²) >= 11 is 0. The number of rotatable bonds is 28. The standard InChI is InChI=1S/C32H64NO6/c1-7-9-11-12-13-14-15-16-17-18-19-20-21-22-23-36-27-31(37-24-10-8-2)28-38-32(35)25-30(39-29(3)34)26-33(4,5)6/h30-31H,7-28H2,1-6H3/q+1. The molecule has 0 spiro atoms. The van der Waals surface area contributed by atoms with Gasteiger partial charge in [0.05, 0.1) is 34.2 Å². The Balaban J connectivity index is 4.03. The van der Waals surface area contributed by atoms with Gasteiger partial charge in [-0.05, 0) is 12.8 Å². The minimum Gasteiger partial charge on any atom is -0.463 e. The number of likely N-dealkylation sites (N-methyl/N-ethyl adjacent to an activating group) is 1. The Morgan fingerprint density at radius 1 is 0.641 bits per heavy atom. The van der Waals surface area contributed by atoms with E-state index in [1.165, 1.54) is 90.4 Å². The lowest BCUT2D eigenvalue weighted by Gasteiger charge is -2.28. The number of hydrogen-bond acceptors (Lipinski definition) is 6. The van der Waals surface area contributed by atoms with Crippen LogP contribution in [0.1, 0.15) is 130 Å². The van der Waals surface area contributed by atoms with E-state index >= 15 is 0 Å². The molecular formula is C32H64NO6+. The van der Waals surface area contributed by atoms with Crippen molar-refractivity contribution in [3.63, 3.8) is 0 Å². The first-order chi connectivity index (χ1) is 18.7. The molecule has 0 heterocycles. The highest BCUT2D eigenvalue weighted by Crippen LogP contribution is 2.13. The summed E-state index contributed by atoms with van der Waals surface area (Å²) in [6.07, 6.45) is 20.0. The van der Waals surface area contributed by atoms with E-state index in [2.05, 4.69) is 13.8 Å². The average Bonchev–Trinajstić information content (AvgIpc) is 2.85. The van der Waals surface area contributed by atoms with Crippen molar-refractivity contribution in [2.24, 2.45) is 0 Å². The third-order valence-corrected chi connectivity index (χ3v) is 6.71. The fraction of sp³-hybridized carbons (Fsp3) is 0.938. The van der Waals surface area contributed by atoms with Crippen LogP contribution in [0.15, 0.2) is 0 Å². The number of unbranched alkanes of at least 4 members (excludes halogenated alkanes) is 14. The Bertz CT molecular complexity index is 577. The van der Waals surface area contributed by atoms with E-state index in [0.29, 0.717) is 30.8 Å². The lowest BCUT2D eigenvalue weighted by molar-refractivity contribution is -0.873. The Kier molecular flexibility index (Phi) is 25.0. The first-order valence-electron chi connectivity index (χ1n) is 16.0. The molecular weight excluding hydrogens is 494 g/mol. The first-order valence-corrected chi connectivity index (χ1v) is 16.0. The Hall–Kier alpha value is -1.18. The molecule has 0 aromatic rings. The maximum Gasteiger partial charge on any atom is 0.309 e. The number of carbonyl (C=O) groups excluding carboxylic acids is 2. The number of carbonyl (C=O) groups is 2. The van der Waals surface area contributed by atoms with E-state index in [0.717, 1.165) is 19.3 Å². The lowest BCUT2D eigenvalue weighted by atomic mass is 10.0. The second kappa shape index (κ2) is 25.8. The topological polar surface area (TPSA) is 71.1 Å². The van der Waals surface area contributed by atoms with Crippen LogP contribution in [0.25, 0.3) is 0 Å². The molecule has 0 N–H and O–H groups in total. The van der Waals surface area contributed by atoms with Gasteiger partial charge in [0, 0.05) is 20.1 Å². The van der Waals surface area contributed by atoms with E-state index in [-0.39, 0.29) is 31.1 Å². The molecule has 2 unspecified atom stereocenters. The van der Waals surface area contributed by atoms with Gasteiger partial charge >= 0.3 is 11.9 Å². The summed E-state index contributed by atoms with van der Waals surface area (Å²) in [5.74, 6) is -0.773. The predicted octanol–water partition coefficient (Wildman–Crippen LogP) is 7.24. The molecule has 39 heavy (non-hydrogen) atoms. The molecule has 0 saturated carbocycles. The minimum atomic E-state index is -0.508. The fourth-order valence-electron chi connectivity index (χ4n) is 4.57. The van der Waals surface area contributed by atoms with Crippen LogP contribution in [0.5, 0.6) is 0 Å². The molecule has 0 rings (SSSR count). The molecule has 0 aliphatic rings. The SMILES string of the molecule is CCCCCCCCCCCCCCCCOCC(COC(=O)CC(C[N+](C)(C)C)OC(C)=O)OCCCC. The van der Waals surface area contributed by atoms with Crippen LogP contribution in [0, 0.1) is 0 Å². The minimum absolute atomic E-state index is 0.0384. The van der Waals surface area contributed by atoms with E-state index in [1.54, 1.807) is 0 Å². The van der Waals surface area contributed by atoms with Crippen molar-refractivity contribution in [3.05, 3.63) is 0 Å². The molecule has 0 fully saturated rings. The van der Waals surface area contributed by atoms with Crippen molar-refractivity contribution >= 4 is 11.9 Å². The summed E-state index contributed by atoms with van der Waals surface area (Å²) in [6.45, 7) is 8.19. The quantitative estimate of drug-likeness (QED) is 0.0573. The van der Waals surface area contributed by atoms with Gasteiger partial charge in [-0.2, -0.15) is 0 Å². The maximum atomic E-state index is 12.5. The van der Waals surface area contributed by atoms with Crippen molar-refractivity contribution < 1.29 is 33.0 Å². The lowest BCUT2D eigenvalue weighted by Crippen LogP contribution is -2.44. The van der Waals surface area contributed by atoms with E-state index < -0.39 is 6.10 Å². The van der Waals surface area contributed by atoms with E-state index in [1.807, 2.05) is 21.1 Å². The van der Waals surface area contributed by atoms with Crippen LogP contribution in [-0.2, 0) is 28.5 Å². The number of quaternary nitrogens is 1. The van der Waals surface area contributed by atoms with Crippen LogP contribution in [0.3, 0.4) is 0 Å². The van der Waals surface area contributed by atoms with Gasteiger partial charge in [0.1, 0.15) is 19.3 Å². The monoisotopic (exact) mass is 558 g/mol. The van der Waals surface area contributed by atoms with Crippen LogP contribution >= 0.6 is 0 Å². The van der Waals surface area contributed by atoms with E-state index in [9.17, 15) is 9.59 Å². The average molecular weight is 559 g/mol. The second-order valence-electron chi connectivity index (χ2n) is 12.1. The molecule has 0 amide bonds. The molecule has 0 aliphatic carbocycles. The summed E-state index contributed by atoms with van der Waals surface area (Å²) in [5.41, 5.74) is 0. The van der Waals surface area contributed by atoms with Gasteiger partial charge in [-0.15, -0.1) is 0 Å². The normalized spacial score (nSPS) is 13.3. The molecule has 2 atom stereocenters. The third kappa shape index (κ3) is 28.2. The molecule has 232 valence electrons. The smallest absolute Gasteiger partial charge is 0.309 e. The summed E-state index contributed by atoms with van der Waals surface area (Å²) in [5, 5.41) is 0. The highest BCUT2D eigenvalue weighted by atomic mass is 16.6. The van der Waals surface area contributed by atoms with Crippen molar-refractivity contribution in [3.8, 4) is 0 Å². The van der Waals surface area contributed by atoms with Gasteiger partial charge in [-0.3, -0.25) is 9.59 Å². The van der Waals surface area contributed by atoms with Crippen molar-refractivity contribution in [1.29, 1.82) is 0 Å². The molecule has 7 heteroatoms. The van der Waals surface area contributed by atoms with Crippen molar-refractivity contribution in [1.82, 2.24) is 0 Å².